The van der Waals surface area contributed by atoms with Gasteiger partial charge in [-0.2, -0.15) is 0 Å². The monoisotopic (exact) mass is 209 g/mol. The van der Waals surface area contributed by atoms with Crippen molar-refractivity contribution in [3.63, 3.8) is 0 Å². The number of nitrogens with one attached hydrogen (secondary N) is 1. The van der Waals surface area contributed by atoms with E-state index >= 15 is 0 Å². The number of methoxy groups -OCH3 is 1. The fourth-order valence-corrected chi connectivity index (χ4v) is 2.24. The Balaban J connectivity index is 2.51. The third-order valence-electron chi connectivity index (χ3n) is 2.98. The molecule has 1 heterocycles. The quantitative estimate of drug-likeness (QED) is 0.807. The molecule has 0 spiro atoms. The lowest BCUT2D eigenvalue weighted by atomic mass is 9.92. The fourth-order valence-electron chi connectivity index (χ4n) is 2.24. The maximum atomic E-state index is 13.3. The van der Waals surface area contributed by atoms with E-state index in [9.17, 15) is 4.39 Å². The molecular weight excluding hydrogens is 193 g/mol. The van der Waals surface area contributed by atoms with Crippen molar-refractivity contribution in [3.8, 4) is 5.75 Å². The maximum absolute atomic E-state index is 13.3. The van der Waals surface area contributed by atoms with Crippen LogP contribution in [0, 0.1) is 5.82 Å². The van der Waals surface area contributed by atoms with E-state index in [4.69, 9.17) is 4.74 Å². The first-order valence-electron chi connectivity index (χ1n) is 5.36. The molecule has 2 nitrogen and oxygen atoms in total. The molecule has 82 valence electrons. The van der Waals surface area contributed by atoms with Gasteiger partial charge in [-0.05, 0) is 31.0 Å². The Hall–Kier alpha value is -1.09. The van der Waals surface area contributed by atoms with Gasteiger partial charge in [0.15, 0.2) is 0 Å². The second kappa shape index (κ2) is 4.19. The molecule has 3 heteroatoms. The molecule has 1 aliphatic heterocycles. The third kappa shape index (κ3) is 1.84. The SMILES string of the molecule is CCC1NCCc2c(OC)cc(F)cc21. The highest BCUT2D eigenvalue weighted by Gasteiger charge is 2.22. The lowest BCUT2D eigenvalue weighted by Crippen LogP contribution is -2.29. The summed E-state index contributed by atoms with van der Waals surface area (Å²) in [6, 6.07) is 3.35. The van der Waals surface area contributed by atoms with Gasteiger partial charge in [0.2, 0.25) is 0 Å². The molecule has 0 aromatic heterocycles. The van der Waals surface area contributed by atoms with Gasteiger partial charge in [-0.1, -0.05) is 6.92 Å². The Morgan fingerprint density at radius 2 is 2.33 bits per heavy atom. The number of fused-ring (bicyclic) bond motifs is 1. The minimum Gasteiger partial charge on any atom is -0.496 e. The van der Waals surface area contributed by atoms with E-state index in [0.29, 0.717) is 5.75 Å². The van der Waals surface area contributed by atoms with E-state index in [-0.39, 0.29) is 11.9 Å². The van der Waals surface area contributed by atoms with Crippen LogP contribution in [0.25, 0.3) is 0 Å². The van der Waals surface area contributed by atoms with Crippen LogP contribution in [0.3, 0.4) is 0 Å². The average Bonchev–Trinajstić information content (AvgIpc) is 2.27. The molecular formula is C12H16FNO. The molecule has 1 atom stereocenters. The summed E-state index contributed by atoms with van der Waals surface area (Å²) in [7, 11) is 1.60. The van der Waals surface area contributed by atoms with E-state index in [1.807, 2.05) is 0 Å². The Kier molecular flexibility index (Phi) is 2.91. The van der Waals surface area contributed by atoms with Crippen LogP contribution < -0.4 is 10.1 Å². The van der Waals surface area contributed by atoms with Gasteiger partial charge in [0, 0.05) is 17.7 Å². The molecule has 1 aromatic rings. The lowest BCUT2D eigenvalue weighted by molar-refractivity contribution is 0.394. The Morgan fingerprint density at radius 3 is 3.00 bits per heavy atom. The average molecular weight is 209 g/mol. The van der Waals surface area contributed by atoms with Gasteiger partial charge in [-0.3, -0.25) is 0 Å². The highest BCUT2D eigenvalue weighted by molar-refractivity contribution is 5.44. The summed E-state index contributed by atoms with van der Waals surface area (Å²) in [6.07, 6.45) is 1.88. The van der Waals surface area contributed by atoms with Crippen molar-refractivity contribution in [2.75, 3.05) is 13.7 Å². The van der Waals surface area contributed by atoms with Crippen LogP contribution in [0.5, 0.6) is 5.75 Å². The van der Waals surface area contributed by atoms with E-state index in [1.165, 1.54) is 6.07 Å². The number of hydrogen-bond acceptors (Lipinski definition) is 2. The van der Waals surface area contributed by atoms with Crippen molar-refractivity contribution in [3.05, 3.63) is 29.1 Å². The first kappa shape index (κ1) is 10.4. The normalized spacial score (nSPS) is 19.8. The molecule has 0 saturated heterocycles. The van der Waals surface area contributed by atoms with Gasteiger partial charge in [-0.25, -0.2) is 4.39 Å². The molecule has 0 aliphatic carbocycles. The molecule has 15 heavy (non-hydrogen) atoms. The number of benzene rings is 1. The van der Waals surface area contributed by atoms with Crippen LogP contribution in [0.15, 0.2) is 12.1 Å². The van der Waals surface area contributed by atoms with E-state index in [2.05, 4.69) is 12.2 Å². The molecule has 1 aliphatic rings. The zero-order valence-electron chi connectivity index (χ0n) is 9.14. The van der Waals surface area contributed by atoms with E-state index in [0.717, 1.165) is 30.5 Å². The molecule has 1 N–H and O–H groups in total. The zero-order chi connectivity index (χ0) is 10.8. The van der Waals surface area contributed by atoms with Crippen molar-refractivity contribution >= 4 is 0 Å². The van der Waals surface area contributed by atoms with Gasteiger partial charge in [0.05, 0.1) is 7.11 Å². The Morgan fingerprint density at radius 1 is 1.53 bits per heavy atom. The van der Waals surface area contributed by atoms with Crippen molar-refractivity contribution in [2.45, 2.75) is 25.8 Å². The van der Waals surface area contributed by atoms with Crippen LogP contribution >= 0.6 is 0 Å². The zero-order valence-corrected chi connectivity index (χ0v) is 9.14. The van der Waals surface area contributed by atoms with Crippen molar-refractivity contribution in [1.82, 2.24) is 5.32 Å². The van der Waals surface area contributed by atoms with Crippen molar-refractivity contribution < 1.29 is 9.13 Å². The predicted octanol–water partition coefficient (Wildman–Crippen LogP) is 2.43. The van der Waals surface area contributed by atoms with Crippen LogP contribution in [0.4, 0.5) is 4.39 Å². The summed E-state index contributed by atoms with van der Waals surface area (Å²) in [6.45, 7) is 3.04. The summed E-state index contributed by atoms with van der Waals surface area (Å²) < 4.78 is 18.6. The topological polar surface area (TPSA) is 21.3 Å². The number of ether oxygens (including phenoxy) is 1. The summed E-state index contributed by atoms with van der Waals surface area (Å²) in [5.41, 5.74) is 2.21. The molecule has 0 radical (unpaired) electrons. The highest BCUT2D eigenvalue weighted by atomic mass is 19.1. The minimum absolute atomic E-state index is 0.215. The second-order valence-electron chi connectivity index (χ2n) is 3.84. The molecule has 1 unspecified atom stereocenters. The smallest absolute Gasteiger partial charge is 0.127 e. The van der Waals surface area contributed by atoms with E-state index < -0.39 is 0 Å². The molecule has 0 fully saturated rings. The van der Waals surface area contributed by atoms with Gasteiger partial charge in [0.25, 0.3) is 0 Å². The van der Waals surface area contributed by atoms with E-state index in [1.54, 1.807) is 13.2 Å². The van der Waals surface area contributed by atoms with Crippen LogP contribution in [0.2, 0.25) is 0 Å². The minimum atomic E-state index is -0.215. The number of hydrogen-bond donors (Lipinski definition) is 1. The first-order valence-corrected chi connectivity index (χ1v) is 5.36. The Labute approximate surface area is 89.4 Å². The van der Waals surface area contributed by atoms with Crippen molar-refractivity contribution in [1.29, 1.82) is 0 Å². The van der Waals surface area contributed by atoms with Gasteiger partial charge >= 0.3 is 0 Å². The fraction of sp³-hybridized carbons (Fsp3) is 0.500. The summed E-state index contributed by atoms with van der Waals surface area (Å²) in [5, 5.41) is 3.38. The molecule has 1 aromatic carbocycles. The number of halogens is 1. The van der Waals surface area contributed by atoms with Crippen LogP contribution in [-0.2, 0) is 6.42 Å². The first-order chi connectivity index (χ1) is 7.26. The maximum Gasteiger partial charge on any atom is 0.127 e. The molecule has 0 saturated carbocycles. The summed E-state index contributed by atoms with van der Waals surface area (Å²) in [5.74, 6) is 0.470. The largest absolute Gasteiger partial charge is 0.496 e. The lowest BCUT2D eigenvalue weighted by Gasteiger charge is -2.27. The summed E-state index contributed by atoms with van der Waals surface area (Å²) >= 11 is 0. The third-order valence-corrected chi connectivity index (χ3v) is 2.98. The standard InChI is InChI=1S/C12H16FNO/c1-3-11-10-6-8(13)7-12(15-2)9(10)4-5-14-11/h6-7,11,14H,3-5H2,1-2H3. The van der Waals surface area contributed by atoms with Gasteiger partial charge < -0.3 is 10.1 Å². The predicted molar refractivity (Wildman–Crippen MR) is 57.7 cm³/mol. The molecule has 0 bridgehead atoms. The summed E-state index contributed by atoms with van der Waals surface area (Å²) in [4.78, 5) is 0. The number of rotatable bonds is 2. The molecule has 2 rings (SSSR count). The Bertz CT molecular complexity index is 365. The highest BCUT2D eigenvalue weighted by Crippen LogP contribution is 2.32. The van der Waals surface area contributed by atoms with Crippen LogP contribution in [-0.4, -0.2) is 13.7 Å². The second-order valence-corrected chi connectivity index (χ2v) is 3.84. The van der Waals surface area contributed by atoms with Crippen molar-refractivity contribution in [2.24, 2.45) is 0 Å². The van der Waals surface area contributed by atoms with Gasteiger partial charge in [-0.15, -0.1) is 0 Å². The molecule has 0 amide bonds. The van der Waals surface area contributed by atoms with Crippen LogP contribution in [0.1, 0.15) is 30.5 Å². The van der Waals surface area contributed by atoms with Gasteiger partial charge in [0.1, 0.15) is 11.6 Å².